The Morgan fingerprint density at radius 2 is 1.75 bits per heavy atom. The lowest BCUT2D eigenvalue weighted by Crippen LogP contribution is -2.41. The Labute approximate surface area is 141 Å². The zero-order chi connectivity index (χ0) is 17.9. The van der Waals surface area contributed by atoms with E-state index < -0.39 is 18.5 Å². The average Bonchev–Trinajstić information content (AvgIpc) is 2.56. The maximum absolute atomic E-state index is 11.6. The van der Waals surface area contributed by atoms with Crippen molar-refractivity contribution in [3.8, 4) is 5.75 Å². The van der Waals surface area contributed by atoms with Gasteiger partial charge >= 0.3 is 5.97 Å². The largest absolute Gasteiger partial charge is 0.497 e. The number of ether oxygens (including phenoxy) is 2. The molecular formula is C17H24N2O5. The second-order valence-corrected chi connectivity index (χ2v) is 5.51. The molecule has 0 heterocycles. The number of nitrogens with one attached hydrogen (secondary N) is 2. The molecule has 0 fully saturated rings. The van der Waals surface area contributed by atoms with Crippen LogP contribution in [0.3, 0.4) is 0 Å². The zero-order valence-electron chi connectivity index (χ0n) is 14.3. The molecule has 0 aromatic heterocycles. The Morgan fingerprint density at radius 3 is 2.33 bits per heavy atom. The molecule has 1 aromatic rings. The van der Waals surface area contributed by atoms with Gasteiger partial charge in [0.25, 0.3) is 5.91 Å². The highest BCUT2D eigenvalue weighted by Gasteiger charge is 2.10. The van der Waals surface area contributed by atoms with Gasteiger partial charge in [-0.25, -0.2) is 0 Å². The van der Waals surface area contributed by atoms with E-state index in [1.54, 1.807) is 7.11 Å². The van der Waals surface area contributed by atoms with Gasteiger partial charge in [-0.1, -0.05) is 12.1 Å². The van der Waals surface area contributed by atoms with Gasteiger partial charge in [-0.05, 0) is 38.0 Å². The fourth-order valence-corrected chi connectivity index (χ4v) is 1.86. The molecule has 0 unspecified atom stereocenters. The van der Waals surface area contributed by atoms with Crippen molar-refractivity contribution in [2.24, 2.45) is 0 Å². The van der Waals surface area contributed by atoms with E-state index in [9.17, 15) is 14.4 Å². The van der Waals surface area contributed by atoms with E-state index in [2.05, 4.69) is 10.6 Å². The Bertz CT molecular complexity index is 555. The van der Waals surface area contributed by atoms with E-state index >= 15 is 0 Å². The first-order valence-corrected chi connectivity index (χ1v) is 7.75. The Hall–Kier alpha value is -2.57. The lowest BCUT2D eigenvalue weighted by atomic mass is 10.1. The van der Waals surface area contributed by atoms with Crippen LogP contribution in [-0.4, -0.2) is 44.1 Å². The minimum Gasteiger partial charge on any atom is -0.497 e. The van der Waals surface area contributed by atoms with Gasteiger partial charge in [0.2, 0.25) is 5.91 Å². The number of carbonyl (C=O) groups is 3. The summed E-state index contributed by atoms with van der Waals surface area (Å²) in [6, 6.07) is 7.37. The molecule has 0 saturated carbocycles. The second kappa shape index (κ2) is 10.3. The van der Waals surface area contributed by atoms with E-state index in [0.717, 1.165) is 11.3 Å². The van der Waals surface area contributed by atoms with Crippen LogP contribution in [0.2, 0.25) is 0 Å². The summed E-state index contributed by atoms with van der Waals surface area (Å²) >= 11 is 0. The quantitative estimate of drug-likeness (QED) is 0.651. The van der Waals surface area contributed by atoms with Crippen LogP contribution in [0.5, 0.6) is 5.75 Å². The van der Waals surface area contributed by atoms with Gasteiger partial charge in [-0.3, -0.25) is 14.4 Å². The molecule has 0 spiro atoms. The Balaban J connectivity index is 2.20. The van der Waals surface area contributed by atoms with Crippen LogP contribution >= 0.6 is 0 Å². The molecule has 1 aromatic carbocycles. The highest BCUT2D eigenvalue weighted by atomic mass is 16.5. The molecule has 7 heteroatoms. The average molecular weight is 336 g/mol. The number of methoxy groups -OCH3 is 1. The number of benzene rings is 1. The molecule has 7 nitrogen and oxygen atoms in total. The zero-order valence-corrected chi connectivity index (χ0v) is 14.3. The molecule has 0 aliphatic heterocycles. The van der Waals surface area contributed by atoms with Gasteiger partial charge in [-0.15, -0.1) is 0 Å². The highest BCUT2D eigenvalue weighted by Crippen LogP contribution is 2.12. The monoisotopic (exact) mass is 336 g/mol. The van der Waals surface area contributed by atoms with E-state index in [1.165, 1.54) is 0 Å². The molecule has 0 saturated heterocycles. The van der Waals surface area contributed by atoms with E-state index in [-0.39, 0.29) is 24.9 Å². The third-order valence-electron chi connectivity index (χ3n) is 3.04. The van der Waals surface area contributed by atoms with E-state index in [4.69, 9.17) is 9.47 Å². The summed E-state index contributed by atoms with van der Waals surface area (Å²) < 4.78 is 9.93. The van der Waals surface area contributed by atoms with Crippen LogP contribution in [0.1, 0.15) is 25.8 Å². The van der Waals surface area contributed by atoms with Crippen LogP contribution in [0.4, 0.5) is 0 Å². The summed E-state index contributed by atoms with van der Waals surface area (Å²) in [5.41, 5.74) is 0.975. The van der Waals surface area contributed by atoms with Crippen LogP contribution in [-0.2, 0) is 25.5 Å². The van der Waals surface area contributed by atoms with Gasteiger partial charge < -0.3 is 20.1 Å². The predicted molar refractivity (Wildman–Crippen MR) is 88.6 cm³/mol. The van der Waals surface area contributed by atoms with Crippen molar-refractivity contribution in [3.05, 3.63) is 29.8 Å². The standard InChI is InChI=1S/C17H24N2O5/c1-12(2)19-15(20)10-18-16(21)11-24-17(22)9-6-13-4-7-14(23-3)8-5-13/h4-5,7-8,12H,6,9-11H2,1-3H3,(H,18,21)(H,19,20). The van der Waals surface area contributed by atoms with Crippen molar-refractivity contribution in [2.75, 3.05) is 20.3 Å². The van der Waals surface area contributed by atoms with Crippen molar-refractivity contribution < 1.29 is 23.9 Å². The van der Waals surface area contributed by atoms with Crippen LogP contribution in [0.15, 0.2) is 24.3 Å². The van der Waals surface area contributed by atoms with E-state index in [0.29, 0.717) is 6.42 Å². The van der Waals surface area contributed by atoms with E-state index in [1.807, 2.05) is 38.1 Å². The summed E-state index contributed by atoms with van der Waals surface area (Å²) in [6.45, 7) is 3.12. The summed E-state index contributed by atoms with van der Waals surface area (Å²) in [5.74, 6) is -0.511. The predicted octanol–water partition coefficient (Wildman–Crippen LogP) is 0.812. The molecule has 0 aliphatic carbocycles. The van der Waals surface area contributed by atoms with Gasteiger partial charge in [0.05, 0.1) is 13.7 Å². The number of rotatable bonds is 9. The van der Waals surface area contributed by atoms with Crippen molar-refractivity contribution in [2.45, 2.75) is 32.7 Å². The minimum absolute atomic E-state index is 0.00480. The number of amides is 2. The maximum Gasteiger partial charge on any atom is 0.306 e. The molecule has 0 atom stereocenters. The fraction of sp³-hybridized carbons (Fsp3) is 0.471. The van der Waals surface area contributed by atoms with Crippen molar-refractivity contribution in [1.29, 1.82) is 0 Å². The first-order chi connectivity index (χ1) is 11.4. The normalized spacial score (nSPS) is 10.2. The van der Waals surface area contributed by atoms with Gasteiger partial charge in [0, 0.05) is 12.5 Å². The molecule has 1 rings (SSSR count). The number of hydrogen-bond acceptors (Lipinski definition) is 5. The third kappa shape index (κ3) is 8.17. The minimum atomic E-state index is -0.508. The number of esters is 1. The number of carbonyl (C=O) groups excluding carboxylic acids is 3. The van der Waals surface area contributed by atoms with Crippen molar-refractivity contribution in [1.82, 2.24) is 10.6 Å². The van der Waals surface area contributed by atoms with Gasteiger partial charge in [0.1, 0.15) is 5.75 Å². The molecule has 2 amide bonds. The molecule has 132 valence electrons. The first-order valence-electron chi connectivity index (χ1n) is 7.75. The number of hydrogen-bond donors (Lipinski definition) is 2. The highest BCUT2D eigenvalue weighted by molar-refractivity contribution is 5.86. The van der Waals surface area contributed by atoms with Crippen LogP contribution in [0, 0.1) is 0 Å². The van der Waals surface area contributed by atoms with Crippen LogP contribution in [0.25, 0.3) is 0 Å². The molecule has 0 radical (unpaired) electrons. The molecule has 0 aliphatic rings. The molecular weight excluding hydrogens is 312 g/mol. The maximum atomic E-state index is 11.6. The smallest absolute Gasteiger partial charge is 0.306 e. The Morgan fingerprint density at radius 1 is 1.08 bits per heavy atom. The fourth-order valence-electron chi connectivity index (χ4n) is 1.86. The topological polar surface area (TPSA) is 93.7 Å². The Kier molecular flexibility index (Phi) is 8.32. The molecule has 2 N–H and O–H groups in total. The van der Waals surface area contributed by atoms with Gasteiger partial charge in [0.15, 0.2) is 6.61 Å². The van der Waals surface area contributed by atoms with Crippen molar-refractivity contribution in [3.63, 3.8) is 0 Å². The summed E-state index contributed by atoms with van der Waals surface area (Å²) in [7, 11) is 1.59. The second-order valence-electron chi connectivity index (χ2n) is 5.51. The third-order valence-corrected chi connectivity index (χ3v) is 3.04. The SMILES string of the molecule is COc1ccc(CCC(=O)OCC(=O)NCC(=O)NC(C)C)cc1. The lowest BCUT2D eigenvalue weighted by Gasteiger charge is -2.09. The van der Waals surface area contributed by atoms with Crippen LogP contribution < -0.4 is 15.4 Å². The summed E-state index contributed by atoms with van der Waals surface area (Å²) in [5, 5.41) is 5.03. The lowest BCUT2D eigenvalue weighted by molar-refractivity contribution is -0.148. The number of aryl methyl sites for hydroxylation is 1. The first kappa shape index (κ1) is 19.5. The summed E-state index contributed by atoms with van der Waals surface area (Å²) in [4.78, 5) is 34.5. The molecule has 24 heavy (non-hydrogen) atoms. The van der Waals surface area contributed by atoms with Gasteiger partial charge in [-0.2, -0.15) is 0 Å². The van der Waals surface area contributed by atoms with Crippen molar-refractivity contribution >= 4 is 17.8 Å². The molecule has 0 bridgehead atoms. The summed E-state index contributed by atoms with van der Waals surface area (Å²) in [6.07, 6.45) is 0.689.